The molecule has 27 heavy (non-hydrogen) atoms. The summed E-state index contributed by atoms with van der Waals surface area (Å²) in [6.45, 7) is -1.86. The first-order valence-electron chi connectivity index (χ1n) is 8.32. The Morgan fingerprint density at radius 3 is 2.74 bits per heavy atom. The van der Waals surface area contributed by atoms with Gasteiger partial charge in [-0.05, 0) is 36.4 Å². The molecule has 0 amide bonds. The van der Waals surface area contributed by atoms with Crippen LogP contribution in [-0.2, 0) is 0 Å². The molecule has 2 aromatic rings. The molecule has 5 nitrogen and oxygen atoms in total. The Hall–Kier alpha value is -3.09. The number of allylic oxidation sites excluding steroid dienone is 1. The van der Waals surface area contributed by atoms with Gasteiger partial charge in [0.1, 0.15) is 0 Å². The number of ether oxygens (including phenoxy) is 4. The third kappa shape index (κ3) is 4.55. The van der Waals surface area contributed by atoms with Crippen molar-refractivity contribution < 1.29 is 32.5 Å². The number of fused-ring (bicyclic) bond motifs is 1. The van der Waals surface area contributed by atoms with E-state index in [9.17, 15) is 13.6 Å². The van der Waals surface area contributed by atoms with Gasteiger partial charge in [0.05, 0.1) is 20.3 Å². The van der Waals surface area contributed by atoms with E-state index in [4.69, 9.17) is 14.2 Å². The van der Waals surface area contributed by atoms with E-state index >= 15 is 0 Å². The van der Waals surface area contributed by atoms with Crippen LogP contribution in [0.1, 0.15) is 22.3 Å². The average Bonchev–Trinajstić information content (AvgIpc) is 2.91. The summed E-state index contributed by atoms with van der Waals surface area (Å²) in [5.74, 6) is 0.838. The molecule has 0 unspecified atom stereocenters. The van der Waals surface area contributed by atoms with E-state index in [1.165, 1.54) is 31.4 Å². The number of hydrogen-bond acceptors (Lipinski definition) is 5. The number of para-hydroxylation sites is 1. The number of carbonyl (C=O) groups excluding carboxylic acids is 1. The van der Waals surface area contributed by atoms with E-state index in [2.05, 4.69) is 4.74 Å². The van der Waals surface area contributed by atoms with Crippen molar-refractivity contribution in [2.75, 3.05) is 20.3 Å². The maximum Gasteiger partial charge on any atom is 0.387 e. The number of methoxy groups -OCH3 is 1. The monoisotopic (exact) mass is 376 g/mol. The van der Waals surface area contributed by atoms with Gasteiger partial charge in [0.2, 0.25) is 0 Å². The molecular formula is C20H18F2O5. The van der Waals surface area contributed by atoms with Crippen LogP contribution in [0.25, 0.3) is 6.08 Å². The zero-order chi connectivity index (χ0) is 19.2. The van der Waals surface area contributed by atoms with Crippen LogP contribution in [0.4, 0.5) is 8.78 Å². The molecule has 0 bridgehead atoms. The van der Waals surface area contributed by atoms with Crippen molar-refractivity contribution in [3.05, 3.63) is 53.6 Å². The van der Waals surface area contributed by atoms with Gasteiger partial charge in [0.15, 0.2) is 28.8 Å². The maximum atomic E-state index is 12.5. The normalized spacial score (nSPS) is 13.5. The molecule has 0 radical (unpaired) electrons. The Morgan fingerprint density at radius 2 is 1.96 bits per heavy atom. The fourth-order valence-electron chi connectivity index (χ4n) is 2.62. The fraction of sp³-hybridized carbons (Fsp3) is 0.250. The molecule has 0 aromatic heterocycles. The zero-order valence-electron chi connectivity index (χ0n) is 14.6. The second-order valence-corrected chi connectivity index (χ2v) is 5.67. The number of benzene rings is 2. The highest BCUT2D eigenvalue weighted by Gasteiger charge is 2.15. The molecule has 2 aromatic carbocycles. The fourth-order valence-corrected chi connectivity index (χ4v) is 2.62. The van der Waals surface area contributed by atoms with Crippen molar-refractivity contribution in [3.63, 3.8) is 0 Å². The van der Waals surface area contributed by atoms with Crippen LogP contribution in [0.3, 0.4) is 0 Å². The van der Waals surface area contributed by atoms with Crippen LogP contribution < -0.4 is 18.9 Å². The van der Waals surface area contributed by atoms with E-state index < -0.39 is 6.61 Å². The summed E-state index contributed by atoms with van der Waals surface area (Å²) in [6, 6.07) is 9.48. The van der Waals surface area contributed by atoms with Gasteiger partial charge in [0.25, 0.3) is 0 Å². The largest absolute Gasteiger partial charge is 0.493 e. The Bertz CT molecular complexity index is 848. The number of ketones is 1. The molecule has 0 saturated heterocycles. The number of rotatable bonds is 6. The van der Waals surface area contributed by atoms with Gasteiger partial charge < -0.3 is 18.9 Å². The molecule has 1 aliphatic rings. The van der Waals surface area contributed by atoms with Gasteiger partial charge in [-0.2, -0.15) is 8.78 Å². The van der Waals surface area contributed by atoms with Gasteiger partial charge in [-0.3, -0.25) is 4.79 Å². The molecule has 0 atom stereocenters. The molecule has 0 spiro atoms. The van der Waals surface area contributed by atoms with E-state index in [-0.39, 0.29) is 22.8 Å². The summed E-state index contributed by atoms with van der Waals surface area (Å²) < 4.78 is 45.5. The highest BCUT2D eigenvalue weighted by molar-refractivity contribution is 6.07. The maximum absolute atomic E-state index is 12.5. The lowest BCUT2D eigenvalue weighted by Gasteiger charge is -2.11. The predicted octanol–water partition coefficient (Wildman–Crippen LogP) is 4.35. The lowest BCUT2D eigenvalue weighted by atomic mass is 10.1. The molecule has 0 saturated carbocycles. The summed E-state index contributed by atoms with van der Waals surface area (Å²) in [7, 11) is 1.31. The standard InChI is InChI=1S/C20H18F2O5/c1-24-18-12-14(7-9-16(18)27-20(21)22)15(23)8-6-13-4-2-5-17-19(13)26-11-3-10-25-17/h2,4-9,12,20H,3,10-11H2,1H3. The van der Waals surface area contributed by atoms with E-state index in [0.717, 1.165) is 6.42 Å². The van der Waals surface area contributed by atoms with E-state index in [1.54, 1.807) is 6.08 Å². The second-order valence-electron chi connectivity index (χ2n) is 5.67. The molecule has 142 valence electrons. The van der Waals surface area contributed by atoms with Gasteiger partial charge in [0, 0.05) is 17.5 Å². The molecule has 3 rings (SSSR count). The van der Waals surface area contributed by atoms with Crippen molar-refractivity contribution >= 4 is 11.9 Å². The minimum atomic E-state index is -2.98. The second kappa shape index (κ2) is 8.53. The summed E-state index contributed by atoms with van der Waals surface area (Å²) in [4.78, 5) is 12.5. The topological polar surface area (TPSA) is 54.0 Å². The van der Waals surface area contributed by atoms with Crippen LogP contribution in [0.5, 0.6) is 23.0 Å². The van der Waals surface area contributed by atoms with Crippen molar-refractivity contribution in [1.82, 2.24) is 0 Å². The SMILES string of the molecule is COc1cc(C(=O)C=Cc2cccc3c2OCCCO3)ccc1OC(F)F. The molecular weight excluding hydrogens is 358 g/mol. The quantitative estimate of drug-likeness (QED) is 0.554. The third-order valence-electron chi connectivity index (χ3n) is 3.88. The summed E-state index contributed by atoms with van der Waals surface area (Å²) in [6.07, 6.45) is 3.79. The summed E-state index contributed by atoms with van der Waals surface area (Å²) in [5.41, 5.74) is 0.997. The first-order chi connectivity index (χ1) is 13.1. The minimum Gasteiger partial charge on any atom is -0.493 e. The van der Waals surface area contributed by atoms with Crippen LogP contribution in [-0.4, -0.2) is 32.7 Å². The smallest absolute Gasteiger partial charge is 0.387 e. The van der Waals surface area contributed by atoms with Crippen molar-refractivity contribution in [3.8, 4) is 23.0 Å². The number of hydrogen-bond donors (Lipinski definition) is 0. The Morgan fingerprint density at radius 1 is 1.15 bits per heavy atom. The highest BCUT2D eigenvalue weighted by atomic mass is 19.3. The number of carbonyl (C=O) groups is 1. The Kier molecular flexibility index (Phi) is 5.90. The molecule has 0 N–H and O–H groups in total. The first-order valence-corrected chi connectivity index (χ1v) is 8.32. The molecule has 7 heteroatoms. The van der Waals surface area contributed by atoms with Crippen LogP contribution in [0, 0.1) is 0 Å². The average molecular weight is 376 g/mol. The Balaban J connectivity index is 1.81. The van der Waals surface area contributed by atoms with Gasteiger partial charge in [-0.25, -0.2) is 0 Å². The first kappa shape index (κ1) is 18.7. The number of alkyl halides is 2. The lowest BCUT2D eigenvalue weighted by Crippen LogP contribution is -2.04. The third-order valence-corrected chi connectivity index (χ3v) is 3.88. The Labute approximate surface area is 155 Å². The predicted molar refractivity (Wildman–Crippen MR) is 95.0 cm³/mol. The molecule has 1 heterocycles. The van der Waals surface area contributed by atoms with Crippen LogP contribution in [0.15, 0.2) is 42.5 Å². The molecule has 1 aliphatic heterocycles. The van der Waals surface area contributed by atoms with Gasteiger partial charge in [-0.1, -0.05) is 12.1 Å². The molecule has 0 fully saturated rings. The minimum absolute atomic E-state index is 0.0554. The van der Waals surface area contributed by atoms with Crippen LogP contribution in [0.2, 0.25) is 0 Å². The summed E-state index contributed by atoms with van der Waals surface area (Å²) in [5, 5.41) is 0. The van der Waals surface area contributed by atoms with Crippen LogP contribution >= 0.6 is 0 Å². The van der Waals surface area contributed by atoms with Crippen molar-refractivity contribution in [2.45, 2.75) is 13.0 Å². The van der Waals surface area contributed by atoms with E-state index in [0.29, 0.717) is 30.3 Å². The van der Waals surface area contributed by atoms with Gasteiger partial charge >= 0.3 is 6.61 Å². The highest BCUT2D eigenvalue weighted by Crippen LogP contribution is 2.34. The van der Waals surface area contributed by atoms with Crippen molar-refractivity contribution in [1.29, 1.82) is 0 Å². The number of halogens is 2. The zero-order valence-corrected chi connectivity index (χ0v) is 14.6. The molecule has 0 aliphatic carbocycles. The summed E-state index contributed by atoms with van der Waals surface area (Å²) >= 11 is 0. The van der Waals surface area contributed by atoms with E-state index in [1.807, 2.05) is 18.2 Å². The lowest BCUT2D eigenvalue weighted by molar-refractivity contribution is -0.0512. The van der Waals surface area contributed by atoms with Crippen molar-refractivity contribution in [2.24, 2.45) is 0 Å². The van der Waals surface area contributed by atoms with Gasteiger partial charge in [-0.15, -0.1) is 0 Å².